The fourth-order valence-corrected chi connectivity index (χ4v) is 2.53. The van der Waals surface area contributed by atoms with E-state index < -0.39 is 0 Å². The van der Waals surface area contributed by atoms with Gasteiger partial charge >= 0.3 is 0 Å². The highest BCUT2D eigenvalue weighted by Crippen LogP contribution is 2.21. The quantitative estimate of drug-likeness (QED) is 0.788. The van der Waals surface area contributed by atoms with Crippen molar-refractivity contribution >= 4 is 10.9 Å². The van der Waals surface area contributed by atoms with Crippen molar-refractivity contribution in [2.24, 2.45) is 5.73 Å². The summed E-state index contributed by atoms with van der Waals surface area (Å²) >= 11 is 0. The first-order valence-electron chi connectivity index (χ1n) is 6.71. The molecule has 20 heavy (non-hydrogen) atoms. The molecule has 1 aromatic heterocycles. The number of aromatic nitrogens is 1. The van der Waals surface area contributed by atoms with Crippen LogP contribution in [0.4, 0.5) is 0 Å². The van der Waals surface area contributed by atoms with Gasteiger partial charge in [-0.25, -0.2) is 0 Å². The van der Waals surface area contributed by atoms with Crippen LogP contribution in [0.1, 0.15) is 11.1 Å². The number of rotatable bonds is 4. The summed E-state index contributed by atoms with van der Waals surface area (Å²) in [6.45, 7) is 1.42. The van der Waals surface area contributed by atoms with E-state index in [4.69, 9.17) is 10.5 Å². The van der Waals surface area contributed by atoms with Crippen LogP contribution in [-0.4, -0.2) is 11.7 Å². The molecule has 0 bridgehead atoms. The van der Waals surface area contributed by atoms with Crippen molar-refractivity contribution in [3.05, 3.63) is 65.9 Å². The molecule has 0 saturated carbocycles. The average Bonchev–Trinajstić information content (AvgIpc) is 2.91. The van der Waals surface area contributed by atoms with Gasteiger partial charge in [0, 0.05) is 30.2 Å². The first-order chi connectivity index (χ1) is 9.81. The predicted octanol–water partition coefficient (Wildman–Crippen LogP) is 3.16. The van der Waals surface area contributed by atoms with Crippen molar-refractivity contribution in [3.63, 3.8) is 0 Å². The molecule has 102 valence electrons. The first-order valence-corrected chi connectivity index (χ1v) is 6.71. The number of methoxy groups -OCH3 is 1. The molecule has 2 aromatic carbocycles. The Morgan fingerprint density at radius 1 is 1.05 bits per heavy atom. The van der Waals surface area contributed by atoms with Gasteiger partial charge < -0.3 is 15.0 Å². The summed E-state index contributed by atoms with van der Waals surface area (Å²) in [6.07, 6.45) is 2.12. The third-order valence-electron chi connectivity index (χ3n) is 3.64. The molecule has 0 atom stereocenters. The van der Waals surface area contributed by atoms with E-state index in [1.54, 1.807) is 7.11 Å². The van der Waals surface area contributed by atoms with Gasteiger partial charge in [0.25, 0.3) is 0 Å². The highest BCUT2D eigenvalue weighted by molar-refractivity contribution is 5.83. The Morgan fingerprint density at radius 2 is 1.85 bits per heavy atom. The van der Waals surface area contributed by atoms with E-state index in [0.717, 1.165) is 12.3 Å². The van der Waals surface area contributed by atoms with Crippen LogP contribution < -0.4 is 10.5 Å². The molecule has 0 spiro atoms. The molecule has 3 rings (SSSR count). The summed E-state index contributed by atoms with van der Waals surface area (Å²) in [6, 6.07) is 16.6. The van der Waals surface area contributed by atoms with Gasteiger partial charge in [-0.3, -0.25) is 0 Å². The van der Waals surface area contributed by atoms with E-state index in [0.29, 0.717) is 6.54 Å². The van der Waals surface area contributed by atoms with Gasteiger partial charge in [-0.1, -0.05) is 24.3 Å². The summed E-state index contributed by atoms with van der Waals surface area (Å²) in [5.74, 6) is 0.886. The minimum atomic E-state index is 0.573. The Bertz CT molecular complexity index is 713. The van der Waals surface area contributed by atoms with Crippen LogP contribution in [0, 0.1) is 0 Å². The second-order valence-electron chi connectivity index (χ2n) is 4.85. The first kappa shape index (κ1) is 12.8. The maximum atomic E-state index is 5.79. The van der Waals surface area contributed by atoms with Crippen molar-refractivity contribution < 1.29 is 4.74 Å². The molecule has 0 aliphatic heterocycles. The van der Waals surface area contributed by atoms with E-state index in [1.807, 2.05) is 12.1 Å². The number of hydrogen-bond acceptors (Lipinski definition) is 2. The van der Waals surface area contributed by atoms with Crippen LogP contribution in [0.3, 0.4) is 0 Å². The summed E-state index contributed by atoms with van der Waals surface area (Å²) in [5.41, 5.74) is 9.45. The Kier molecular flexibility index (Phi) is 3.44. The fourth-order valence-electron chi connectivity index (χ4n) is 2.53. The fraction of sp³-hybridized carbons (Fsp3) is 0.176. The normalized spacial score (nSPS) is 10.9. The summed E-state index contributed by atoms with van der Waals surface area (Å²) in [4.78, 5) is 0. The predicted molar refractivity (Wildman–Crippen MR) is 81.9 cm³/mol. The standard InChI is InChI=1S/C17H18N2O/c1-20-15-7-5-13(6-8-15)12-19-10-9-16-14(11-18)3-2-4-17(16)19/h2-10H,11-12,18H2,1H3. The molecule has 3 nitrogen and oxygen atoms in total. The summed E-state index contributed by atoms with van der Waals surface area (Å²) in [7, 11) is 1.68. The molecule has 0 fully saturated rings. The lowest BCUT2D eigenvalue weighted by Gasteiger charge is -2.08. The molecule has 0 aliphatic carbocycles. The van der Waals surface area contributed by atoms with Crippen LogP contribution in [0.25, 0.3) is 10.9 Å². The Morgan fingerprint density at radius 3 is 2.55 bits per heavy atom. The van der Waals surface area contributed by atoms with E-state index in [9.17, 15) is 0 Å². The largest absolute Gasteiger partial charge is 0.497 e. The van der Waals surface area contributed by atoms with E-state index >= 15 is 0 Å². The molecule has 0 unspecified atom stereocenters. The molecule has 3 aromatic rings. The number of fused-ring (bicyclic) bond motifs is 1. The minimum Gasteiger partial charge on any atom is -0.497 e. The van der Waals surface area contributed by atoms with Crippen LogP contribution in [-0.2, 0) is 13.1 Å². The molecule has 1 heterocycles. The van der Waals surface area contributed by atoms with Gasteiger partial charge in [0.05, 0.1) is 7.11 Å². The topological polar surface area (TPSA) is 40.2 Å². The number of nitrogens with two attached hydrogens (primary N) is 1. The zero-order chi connectivity index (χ0) is 13.9. The van der Waals surface area contributed by atoms with Crippen LogP contribution >= 0.6 is 0 Å². The molecule has 0 saturated heterocycles. The summed E-state index contributed by atoms with van der Waals surface area (Å²) < 4.78 is 7.43. The lowest BCUT2D eigenvalue weighted by molar-refractivity contribution is 0.414. The third kappa shape index (κ3) is 2.28. The van der Waals surface area contributed by atoms with E-state index in [1.165, 1.54) is 22.0 Å². The van der Waals surface area contributed by atoms with Crippen molar-refractivity contribution in [2.45, 2.75) is 13.1 Å². The van der Waals surface area contributed by atoms with Crippen LogP contribution in [0.15, 0.2) is 54.7 Å². The number of ether oxygens (including phenoxy) is 1. The highest BCUT2D eigenvalue weighted by Gasteiger charge is 2.05. The zero-order valence-electron chi connectivity index (χ0n) is 11.5. The van der Waals surface area contributed by atoms with Gasteiger partial charge in [-0.15, -0.1) is 0 Å². The number of nitrogens with zero attached hydrogens (tertiary/aromatic N) is 1. The van der Waals surface area contributed by atoms with Gasteiger partial charge in [0.15, 0.2) is 0 Å². The maximum absolute atomic E-state index is 5.79. The highest BCUT2D eigenvalue weighted by atomic mass is 16.5. The van der Waals surface area contributed by atoms with E-state index in [2.05, 4.69) is 47.2 Å². The number of hydrogen-bond donors (Lipinski definition) is 1. The Hall–Kier alpha value is -2.26. The van der Waals surface area contributed by atoms with E-state index in [-0.39, 0.29) is 0 Å². The van der Waals surface area contributed by atoms with Gasteiger partial charge in [0.1, 0.15) is 5.75 Å². The molecule has 3 heteroatoms. The Labute approximate surface area is 118 Å². The zero-order valence-corrected chi connectivity index (χ0v) is 11.5. The van der Waals surface area contributed by atoms with Crippen LogP contribution in [0.5, 0.6) is 5.75 Å². The molecule has 0 radical (unpaired) electrons. The Balaban J connectivity index is 1.94. The monoisotopic (exact) mass is 266 g/mol. The van der Waals surface area contributed by atoms with Gasteiger partial charge in [0.2, 0.25) is 0 Å². The molecular weight excluding hydrogens is 248 g/mol. The molecule has 0 amide bonds. The summed E-state index contributed by atoms with van der Waals surface area (Å²) in [5, 5.41) is 1.24. The third-order valence-corrected chi connectivity index (χ3v) is 3.64. The van der Waals surface area contributed by atoms with Crippen molar-refractivity contribution in [2.75, 3.05) is 7.11 Å². The van der Waals surface area contributed by atoms with Gasteiger partial charge in [-0.05, 0) is 35.4 Å². The SMILES string of the molecule is COc1ccc(Cn2ccc3c(CN)cccc32)cc1. The number of benzene rings is 2. The molecular formula is C17H18N2O. The maximum Gasteiger partial charge on any atom is 0.118 e. The molecule has 0 aliphatic rings. The smallest absolute Gasteiger partial charge is 0.118 e. The lowest BCUT2D eigenvalue weighted by atomic mass is 10.1. The lowest BCUT2D eigenvalue weighted by Crippen LogP contribution is -1.99. The van der Waals surface area contributed by atoms with Crippen molar-refractivity contribution in [3.8, 4) is 5.75 Å². The average molecular weight is 266 g/mol. The second-order valence-corrected chi connectivity index (χ2v) is 4.85. The van der Waals surface area contributed by atoms with Gasteiger partial charge in [-0.2, -0.15) is 0 Å². The minimum absolute atomic E-state index is 0.573. The second kappa shape index (κ2) is 5.39. The van der Waals surface area contributed by atoms with Crippen molar-refractivity contribution in [1.82, 2.24) is 4.57 Å². The molecule has 2 N–H and O–H groups in total. The van der Waals surface area contributed by atoms with Crippen LogP contribution in [0.2, 0.25) is 0 Å². The van der Waals surface area contributed by atoms with Crippen molar-refractivity contribution in [1.29, 1.82) is 0 Å².